The molecule has 4 heteroatoms. The van der Waals surface area contributed by atoms with Gasteiger partial charge in [0.1, 0.15) is 0 Å². The monoisotopic (exact) mass is 225 g/mol. The summed E-state index contributed by atoms with van der Waals surface area (Å²) in [5.74, 6) is 0. The summed E-state index contributed by atoms with van der Waals surface area (Å²) in [6.07, 6.45) is 2.08. The molecule has 0 amide bonds. The zero-order valence-electron chi connectivity index (χ0n) is 8.97. The molecule has 1 aromatic rings. The highest BCUT2D eigenvalue weighted by Gasteiger charge is 2.28. The van der Waals surface area contributed by atoms with Gasteiger partial charge >= 0.3 is 0 Å². The van der Waals surface area contributed by atoms with Crippen molar-refractivity contribution in [3.63, 3.8) is 0 Å². The molecule has 1 aliphatic rings. The lowest BCUT2D eigenvalue weighted by molar-refractivity contribution is 0.312. The van der Waals surface area contributed by atoms with E-state index in [2.05, 4.69) is 6.07 Å². The average molecular weight is 225 g/mol. The fourth-order valence-corrected chi connectivity index (χ4v) is 3.20. The molecule has 1 aliphatic heterocycles. The molecule has 2 rings (SSSR count). The van der Waals surface area contributed by atoms with E-state index in [1.807, 2.05) is 25.1 Å². The fourth-order valence-electron chi connectivity index (χ4n) is 2.10. The fraction of sp³-hybridized carbons (Fsp3) is 0.455. The predicted molar refractivity (Wildman–Crippen MR) is 60.0 cm³/mol. The highest BCUT2D eigenvalue weighted by atomic mass is 32.2. The van der Waals surface area contributed by atoms with Gasteiger partial charge in [-0.2, -0.15) is 4.31 Å². The maximum Gasteiger partial charge on any atom is 0.211 e. The first kappa shape index (κ1) is 10.6. The van der Waals surface area contributed by atoms with Gasteiger partial charge in [-0.25, -0.2) is 8.42 Å². The third-order valence-electron chi connectivity index (χ3n) is 2.88. The molecule has 0 saturated heterocycles. The van der Waals surface area contributed by atoms with Gasteiger partial charge in [-0.05, 0) is 24.5 Å². The lowest BCUT2D eigenvalue weighted by Gasteiger charge is -2.32. The van der Waals surface area contributed by atoms with E-state index in [0.29, 0.717) is 6.54 Å². The van der Waals surface area contributed by atoms with Gasteiger partial charge in [-0.15, -0.1) is 0 Å². The number of benzene rings is 1. The summed E-state index contributed by atoms with van der Waals surface area (Å²) in [4.78, 5) is 0. The van der Waals surface area contributed by atoms with Gasteiger partial charge in [0.05, 0.1) is 6.26 Å². The Labute approximate surface area is 90.8 Å². The van der Waals surface area contributed by atoms with Crippen molar-refractivity contribution in [3.8, 4) is 0 Å². The molecule has 0 aromatic heterocycles. The summed E-state index contributed by atoms with van der Waals surface area (Å²) in [6.45, 7) is 2.47. The molecule has 0 bridgehead atoms. The van der Waals surface area contributed by atoms with E-state index in [-0.39, 0.29) is 6.04 Å². The maximum atomic E-state index is 11.5. The predicted octanol–water partition coefficient (Wildman–Crippen LogP) is 1.39. The normalized spacial score (nSPS) is 22.4. The Balaban J connectivity index is 2.38. The van der Waals surface area contributed by atoms with Gasteiger partial charge in [-0.1, -0.05) is 24.3 Å². The summed E-state index contributed by atoms with van der Waals surface area (Å²) in [5, 5.41) is 0. The minimum Gasteiger partial charge on any atom is -0.212 e. The molecule has 82 valence electrons. The zero-order chi connectivity index (χ0) is 11.1. The van der Waals surface area contributed by atoms with E-state index in [4.69, 9.17) is 0 Å². The van der Waals surface area contributed by atoms with Crippen molar-refractivity contribution in [3.05, 3.63) is 35.4 Å². The first-order valence-corrected chi connectivity index (χ1v) is 6.87. The van der Waals surface area contributed by atoms with Crippen molar-refractivity contribution in [2.24, 2.45) is 0 Å². The molecule has 0 aliphatic carbocycles. The molecule has 3 nitrogen and oxygen atoms in total. The lowest BCUT2D eigenvalue weighted by Crippen LogP contribution is -2.41. The number of sulfonamides is 1. The van der Waals surface area contributed by atoms with Crippen LogP contribution in [0.3, 0.4) is 0 Å². The van der Waals surface area contributed by atoms with E-state index in [0.717, 1.165) is 12.0 Å². The summed E-state index contributed by atoms with van der Waals surface area (Å²) in [7, 11) is -3.08. The standard InChI is InChI=1S/C11H15NO2S/c1-9-7-10-5-3-4-6-11(10)8-12(9)15(2,13)14/h3-6,9H,7-8H2,1-2H3/t9-/m0/s1. The number of nitrogens with zero attached hydrogens (tertiary/aromatic N) is 1. The molecule has 15 heavy (non-hydrogen) atoms. The van der Waals surface area contributed by atoms with E-state index >= 15 is 0 Å². The van der Waals surface area contributed by atoms with Crippen LogP contribution < -0.4 is 0 Å². The highest BCUT2D eigenvalue weighted by molar-refractivity contribution is 7.88. The van der Waals surface area contributed by atoms with Crippen LogP contribution in [-0.2, 0) is 23.0 Å². The molecule has 1 aromatic carbocycles. The van der Waals surface area contributed by atoms with Crippen LogP contribution in [0, 0.1) is 0 Å². The minimum absolute atomic E-state index is 0.0647. The van der Waals surface area contributed by atoms with Crippen molar-refractivity contribution in [1.82, 2.24) is 4.31 Å². The van der Waals surface area contributed by atoms with Crippen molar-refractivity contribution in [2.45, 2.75) is 25.9 Å². The number of fused-ring (bicyclic) bond motifs is 1. The van der Waals surface area contributed by atoms with Crippen LogP contribution in [0.5, 0.6) is 0 Å². The maximum absolute atomic E-state index is 11.5. The van der Waals surface area contributed by atoms with E-state index in [9.17, 15) is 8.42 Å². The number of hydrogen-bond acceptors (Lipinski definition) is 2. The van der Waals surface area contributed by atoms with Crippen LogP contribution in [0.4, 0.5) is 0 Å². The molecule has 0 unspecified atom stereocenters. The summed E-state index contributed by atoms with van der Waals surface area (Å²) < 4.78 is 24.6. The van der Waals surface area contributed by atoms with Crippen LogP contribution in [0.1, 0.15) is 18.1 Å². The number of rotatable bonds is 1. The zero-order valence-corrected chi connectivity index (χ0v) is 9.79. The second-order valence-corrected chi connectivity index (χ2v) is 6.07. The molecule has 1 atom stereocenters. The van der Waals surface area contributed by atoms with E-state index < -0.39 is 10.0 Å². The van der Waals surface area contributed by atoms with Crippen molar-refractivity contribution in [2.75, 3.05) is 6.26 Å². The van der Waals surface area contributed by atoms with Crippen LogP contribution in [0.25, 0.3) is 0 Å². The van der Waals surface area contributed by atoms with E-state index in [1.165, 1.54) is 11.8 Å². The summed E-state index contributed by atoms with van der Waals surface area (Å²) in [6, 6.07) is 8.09. The Morgan fingerprint density at radius 3 is 2.47 bits per heavy atom. The Kier molecular flexibility index (Phi) is 2.56. The average Bonchev–Trinajstić information content (AvgIpc) is 2.15. The Bertz CT molecular complexity index is 467. The highest BCUT2D eigenvalue weighted by Crippen LogP contribution is 2.24. The Hall–Kier alpha value is -0.870. The third-order valence-corrected chi connectivity index (χ3v) is 4.22. The second-order valence-electron chi connectivity index (χ2n) is 4.13. The lowest BCUT2D eigenvalue weighted by atomic mass is 9.97. The van der Waals surface area contributed by atoms with Crippen LogP contribution in [-0.4, -0.2) is 25.0 Å². The topological polar surface area (TPSA) is 37.4 Å². The Morgan fingerprint density at radius 1 is 1.27 bits per heavy atom. The van der Waals surface area contributed by atoms with E-state index in [1.54, 1.807) is 4.31 Å². The SMILES string of the molecule is C[C@H]1Cc2ccccc2CN1S(C)(=O)=O. The minimum atomic E-state index is -3.08. The molecule has 0 fully saturated rings. The molecule has 0 spiro atoms. The molecular formula is C11H15NO2S. The first-order valence-electron chi connectivity index (χ1n) is 5.02. The molecule has 0 N–H and O–H groups in total. The van der Waals surface area contributed by atoms with Gasteiger partial charge < -0.3 is 0 Å². The van der Waals surface area contributed by atoms with Crippen molar-refractivity contribution < 1.29 is 8.42 Å². The van der Waals surface area contributed by atoms with Gasteiger partial charge in [-0.3, -0.25) is 0 Å². The van der Waals surface area contributed by atoms with Crippen LogP contribution in [0.15, 0.2) is 24.3 Å². The first-order chi connectivity index (χ1) is 6.98. The molecule has 0 saturated carbocycles. The van der Waals surface area contributed by atoms with Gasteiger partial charge in [0.2, 0.25) is 10.0 Å². The van der Waals surface area contributed by atoms with Crippen molar-refractivity contribution >= 4 is 10.0 Å². The van der Waals surface area contributed by atoms with Gasteiger partial charge in [0.25, 0.3) is 0 Å². The van der Waals surface area contributed by atoms with Gasteiger partial charge in [0.15, 0.2) is 0 Å². The largest absolute Gasteiger partial charge is 0.212 e. The quantitative estimate of drug-likeness (QED) is 0.724. The second kappa shape index (κ2) is 3.61. The number of hydrogen-bond donors (Lipinski definition) is 0. The molecule has 1 heterocycles. The summed E-state index contributed by atoms with van der Waals surface area (Å²) >= 11 is 0. The van der Waals surface area contributed by atoms with Crippen LogP contribution >= 0.6 is 0 Å². The molecule has 0 radical (unpaired) electrons. The smallest absolute Gasteiger partial charge is 0.211 e. The van der Waals surface area contributed by atoms with Gasteiger partial charge in [0, 0.05) is 12.6 Å². The molecular weight excluding hydrogens is 210 g/mol. The van der Waals surface area contributed by atoms with Crippen molar-refractivity contribution in [1.29, 1.82) is 0 Å². The summed E-state index contributed by atoms with van der Waals surface area (Å²) in [5.41, 5.74) is 2.39. The Morgan fingerprint density at radius 2 is 1.87 bits per heavy atom. The van der Waals surface area contributed by atoms with Crippen LogP contribution in [0.2, 0.25) is 0 Å². The third kappa shape index (κ3) is 2.06.